The molecule has 0 radical (unpaired) electrons. The molecule has 0 bridgehead atoms. The van der Waals surface area contributed by atoms with Gasteiger partial charge in [-0.1, -0.05) is 45.4 Å². The molecule has 0 saturated heterocycles. The fourth-order valence-corrected chi connectivity index (χ4v) is 3.58. The van der Waals surface area contributed by atoms with Gasteiger partial charge in [0.15, 0.2) is 0 Å². The molecule has 5 nitrogen and oxygen atoms in total. The van der Waals surface area contributed by atoms with E-state index in [0.717, 1.165) is 31.0 Å². The van der Waals surface area contributed by atoms with E-state index < -0.39 is 32.6 Å². The van der Waals surface area contributed by atoms with Crippen molar-refractivity contribution in [2.75, 3.05) is 0 Å². The first-order valence-corrected chi connectivity index (χ1v) is 10.9. The van der Waals surface area contributed by atoms with Crippen molar-refractivity contribution in [3.05, 3.63) is 57.8 Å². The molecule has 1 amide bonds. The van der Waals surface area contributed by atoms with Gasteiger partial charge in [-0.3, -0.25) is 9.59 Å². The van der Waals surface area contributed by atoms with Crippen LogP contribution in [-0.2, 0) is 0 Å². The zero-order valence-corrected chi connectivity index (χ0v) is 16.4. The number of carbonyl (C=O) groups is 1. The fourth-order valence-electron chi connectivity index (χ4n) is 2.93. The highest BCUT2D eigenvalue weighted by Crippen LogP contribution is 3.02. The second-order valence-electron chi connectivity index (χ2n) is 7.52. The van der Waals surface area contributed by atoms with Gasteiger partial charge in [0.05, 0.1) is 6.04 Å². The molecule has 1 aliphatic carbocycles. The van der Waals surface area contributed by atoms with Gasteiger partial charge in [0.1, 0.15) is 16.4 Å². The van der Waals surface area contributed by atoms with E-state index in [1.165, 1.54) is 0 Å². The fraction of sp³-hybridized carbons (Fsp3) is 0.389. The molecule has 29 heavy (non-hydrogen) atoms. The lowest BCUT2D eigenvalue weighted by molar-refractivity contribution is 0.0919. The maximum Gasteiger partial charge on any atom is 0.310 e. The smallest absolute Gasteiger partial charge is 0.310 e. The van der Waals surface area contributed by atoms with Gasteiger partial charge in [0, 0.05) is 12.0 Å². The summed E-state index contributed by atoms with van der Waals surface area (Å²) in [6.45, 7) is 3.42. The monoisotopic (exact) mass is 437 g/mol. The predicted octanol–water partition coefficient (Wildman–Crippen LogP) is 5.43. The van der Waals surface area contributed by atoms with Gasteiger partial charge in [-0.2, -0.15) is 0 Å². The van der Waals surface area contributed by atoms with Crippen LogP contribution in [0.25, 0.3) is 0 Å². The molecule has 1 heterocycles. The van der Waals surface area contributed by atoms with Gasteiger partial charge in [-0.05, 0) is 36.5 Å². The molecule has 11 heteroatoms. The van der Waals surface area contributed by atoms with Gasteiger partial charge in [0.25, 0.3) is 11.5 Å². The number of halogens is 5. The van der Waals surface area contributed by atoms with Gasteiger partial charge >= 0.3 is 10.2 Å². The Morgan fingerprint density at radius 1 is 1.14 bits per heavy atom. The van der Waals surface area contributed by atoms with Crippen molar-refractivity contribution in [1.82, 2.24) is 15.3 Å². The molecule has 0 spiro atoms. The third-order valence-electron chi connectivity index (χ3n) is 4.59. The number of benzene rings is 1. The van der Waals surface area contributed by atoms with Crippen LogP contribution in [0.2, 0.25) is 0 Å². The van der Waals surface area contributed by atoms with Crippen LogP contribution in [0.4, 0.5) is 19.4 Å². The van der Waals surface area contributed by atoms with Crippen LogP contribution < -0.4 is 10.9 Å². The molecule has 2 aromatic rings. The van der Waals surface area contributed by atoms with E-state index >= 15 is 0 Å². The van der Waals surface area contributed by atoms with Crippen LogP contribution in [0.15, 0.2) is 40.0 Å². The SMILES string of the molecule is CC(C)C(NC(=O)c1cc(=O)[nH]c(C2CC2)n1)c1ccc(S(F)(F)(F)(F)F)cc1. The van der Waals surface area contributed by atoms with Crippen molar-refractivity contribution < 1.29 is 24.2 Å². The zero-order chi connectivity index (χ0) is 21.7. The largest absolute Gasteiger partial charge is 0.344 e. The maximum atomic E-state index is 12.9. The number of hydrogen-bond acceptors (Lipinski definition) is 3. The normalized spacial score (nSPS) is 18.1. The Morgan fingerprint density at radius 3 is 2.21 bits per heavy atom. The third-order valence-corrected chi connectivity index (χ3v) is 5.76. The summed E-state index contributed by atoms with van der Waals surface area (Å²) in [5.41, 5.74) is -0.357. The second kappa shape index (κ2) is 6.28. The van der Waals surface area contributed by atoms with E-state index in [2.05, 4.69) is 15.3 Å². The number of H-pyrrole nitrogens is 1. The summed E-state index contributed by atoms with van der Waals surface area (Å²) in [7, 11) is -9.77. The summed E-state index contributed by atoms with van der Waals surface area (Å²) in [4.78, 5) is 29.1. The van der Waals surface area contributed by atoms with Gasteiger partial charge < -0.3 is 10.3 Å². The first-order chi connectivity index (χ1) is 13.1. The summed E-state index contributed by atoms with van der Waals surface area (Å²) in [6, 6.07) is 2.73. The number of nitrogens with zero attached hydrogens (tertiary/aromatic N) is 1. The lowest BCUT2D eigenvalue weighted by Crippen LogP contribution is -2.33. The molecule has 3 rings (SSSR count). The standard InChI is InChI=1S/C18H20F5N3O2S/c1-10(2)16(11-5-7-13(8-6-11)29(19,20,21,22)23)26-18(28)14-9-15(27)25-17(24-14)12-3-4-12/h5-10,12,16H,3-4H2,1-2H3,(H,26,28)(H,24,25,27). The number of carbonyl (C=O) groups excluding carboxylic acids is 1. The van der Waals surface area contributed by atoms with Crippen molar-refractivity contribution in [3.8, 4) is 0 Å². The molecule has 0 aliphatic heterocycles. The maximum absolute atomic E-state index is 12.9. The summed E-state index contributed by atoms with van der Waals surface area (Å²) in [6.07, 6.45) is 1.72. The van der Waals surface area contributed by atoms with Crippen molar-refractivity contribution in [1.29, 1.82) is 0 Å². The zero-order valence-electron chi connectivity index (χ0n) is 15.6. The first-order valence-electron chi connectivity index (χ1n) is 8.90. The molecular weight excluding hydrogens is 417 g/mol. The molecule has 1 aliphatic rings. The van der Waals surface area contributed by atoms with E-state index in [-0.39, 0.29) is 23.1 Å². The van der Waals surface area contributed by atoms with Crippen LogP contribution in [0.3, 0.4) is 0 Å². The number of hydrogen-bond donors (Lipinski definition) is 2. The Balaban J connectivity index is 1.86. The Morgan fingerprint density at radius 2 is 1.72 bits per heavy atom. The van der Waals surface area contributed by atoms with Crippen LogP contribution in [0.5, 0.6) is 0 Å². The van der Waals surface area contributed by atoms with Crippen LogP contribution in [-0.4, -0.2) is 15.9 Å². The third kappa shape index (κ3) is 5.14. The molecule has 1 saturated carbocycles. The Labute approximate surface area is 163 Å². The molecule has 1 aromatic heterocycles. The summed E-state index contributed by atoms with van der Waals surface area (Å²) in [5, 5.41) is 2.63. The average molecular weight is 437 g/mol. The van der Waals surface area contributed by atoms with Crippen LogP contribution in [0, 0.1) is 5.92 Å². The number of nitrogens with one attached hydrogen (secondary N) is 2. The Bertz CT molecular complexity index is 1000. The highest BCUT2D eigenvalue weighted by atomic mass is 32.5. The molecule has 2 N–H and O–H groups in total. The highest BCUT2D eigenvalue weighted by molar-refractivity contribution is 8.45. The molecule has 160 valence electrons. The van der Waals surface area contributed by atoms with Crippen molar-refractivity contribution in [3.63, 3.8) is 0 Å². The minimum atomic E-state index is -9.77. The number of amides is 1. The lowest BCUT2D eigenvalue weighted by atomic mass is 9.96. The number of aromatic nitrogens is 2. The predicted molar refractivity (Wildman–Crippen MR) is 99.7 cm³/mol. The summed E-state index contributed by atoms with van der Waals surface area (Å²) in [5.74, 6) is -0.414. The minimum Gasteiger partial charge on any atom is -0.344 e. The molecule has 1 unspecified atom stereocenters. The minimum absolute atomic E-state index is 0.107. The molecule has 1 atom stereocenters. The van der Waals surface area contributed by atoms with Crippen molar-refractivity contribution in [2.45, 2.75) is 43.5 Å². The average Bonchev–Trinajstić information content (AvgIpc) is 3.42. The van der Waals surface area contributed by atoms with Gasteiger partial charge in [0.2, 0.25) is 0 Å². The second-order valence-corrected chi connectivity index (χ2v) is 9.93. The van der Waals surface area contributed by atoms with E-state index in [4.69, 9.17) is 0 Å². The van der Waals surface area contributed by atoms with E-state index in [9.17, 15) is 29.0 Å². The topological polar surface area (TPSA) is 74.8 Å². The van der Waals surface area contributed by atoms with Gasteiger partial charge in [-0.25, -0.2) is 4.98 Å². The van der Waals surface area contributed by atoms with E-state index in [1.807, 2.05) is 0 Å². The number of rotatable bonds is 6. The molecule has 1 aromatic carbocycles. The molecule has 1 fully saturated rings. The quantitative estimate of drug-likeness (QED) is 0.592. The van der Waals surface area contributed by atoms with Crippen molar-refractivity contribution >= 4 is 16.1 Å². The van der Waals surface area contributed by atoms with Crippen LogP contribution in [0.1, 0.15) is 60.5 Å². The first kappa shape index (κ1) is 21.3. The summed E-state index contributed by atoms with van der Waals surface area (Å²) < 4.78 is 64.5. The summed E-state index contributed by atoms with van der Waals surface area (Å²) >= 11 is 0. The van der Waals surface area contributed by atoms with Crippen LogP contribution >= 0.6 is 10.2 Å². The van der Waals surface area contributed by atoms with Gasteiger partial charge in [-0.15, -0.1) is 0 Å². The Kier molecular flexibility index (Phi) is 4.61. The molecular formula is C18H20F5N3O2S. The van der Waals surface area contributed by atoms with Crippen molar-refractivity contribution in [2.24, 2.45) is 5.92 Å². The Hall–Kier alpha value is -2.43. The highest BCUT2D eigenvalue weighted by Gasteiger charge is 2.65. The van der Waals surface area contributed by atoms with E-state index in [1.54, 1.807) is 13.8 Å². The lowest BCUT2D eigenvalue weighted by Gasteiger charge is -2.40. The van der Waals surface area contributed by atoms with E-state index in [0.29, 0.717) is 18.0 Å². The number of aromatic amines is 1.